The lowest BCUT2D eigenvalue weighted by Crippen LogP contribution is -2.13. The van der Waals surface area contributed by atoms with Gasteiger partial charge in [-0.3, -0.25) is 0 Å². The van der Waals surface area contributed by atoms with Crippen LogP contribution in [0.3, 0.4) is 0 Å². The molecule has 1 fully saturated rings. The summed E-state index contributed by atoms with van der Waals surface area (Å²) in [5.74, 6) is 1.07. The van der Waals surface area contributed by atoms with Crippen LogP contribution in [0, 0.1) is 0 Å². The molecule has 0 amide bonds. The van der Waals surface area contributed by atoms with E-state index in [0.29, 0.717) is 11.8 Å². The van der Waals surface area contributed by atoms with Crippen LogP contribution < -0.4 is 0 Å². The van der Waals surface area contributed by atoms with Crippen molar-refractivity contribution in [3.05, 3.63) is 35.4 Å². The Balaban J connectivity index is 1.94. The fourth-order valence-corrected chi connectivity index (χ4v) is 2.34. The number of ether oxygens (including phenoxy) is 2. The van der Waals surface area contributed by atoms with Gasteiger partial charge in [-0.2, -0.15) is 0 Å². The Kier molecular flexibility index (Phi) is 4.41. The third-order valence-corrected chi connectivity index (χ3v) is 3.62. The van der Waals surface area contributed by atoms with Crippen molar-refractivity contribution < 1.29 is 9.47 Å². The van der Waals surface area contributed by atoms with Crippen molar-refractivity contribution in [2.45, 2.75) is 58.3 Å². The Morgan fingerprint density at radius 1 is 1.11 bits per heavy atom. The predicted octanol–water partition coefficient (Wildman–Crippen LogP) is 4.07. The maximum Gasteiger partial charge on any atom is 0.158 e. The minimum atomic E-state index is -0.0280. The molecule has 0 N–H and O–H groups in total. The van der Waals surface area contributed by atoms with Crippen molar-refractivity contribution in [3.8, 4) is 0 Å². The zero-order valence-electron chi connectivity index (χ0n) is 11.8. The molecule has 18 heavy (non-hydrogen) atoms. The molecule has 0 aromatic heterocycles. The monoisotopic (exact) mass is 248 g/mol. The van der Waals surface area contributed by atoms with Crippen LogP contribution in [0.4, 0.5) is 0 Å². The van der Waals surface area contributed by atoms with Crippen molar-refractivity contribution in [2.24, 2.45) is 0 Å². The van der Waals surface area contributed by atoms with E-state index in [1.165, 1.54) is 11.1 Å². The minimum absolute atomic E-state index is 0.0280. The molecular formula is C16H24O2. The van der Waals surface area contributed by atoms with Crippen LogP contribution in [0.2, 0.25) is 0 Å². The second kappa shape index (κ2) is 5.85. The summed E-state index contributed by atoms with van der Waals surface area (Å²) in [5, 5.41) is 0. The molecular weight excluding hydrogens is 224 g/mol. The first kappa shape index (κ1) is 13.6. The van der Waals surface area contributed by atoms with E-state index in [9.17, 15) is 0 Å². The zero-order valence-corrected chi connectivity index (χ0v) is 11.8. The average molecular weight is 248 g/mol. The van der Waals surface area contributed by atoms with Gasteiger partial charge in [0.05, 0.1) is 12.7 Å². The summed E-state index contributed by atoms with van der Waals surface area (Å²) in [6.45, 7) is 9.46. The molecule has 3 unspecified atom stereocenters. The molecule has 1 saturated heterocycles. The summed E-state index contributed by atoms with van der Waals surface area (Å²) in [6.07, 6.45) is 1.15. The smallest absolute Gasteiger partial charge is 0.158 e. The van der Waals surface area contributed by atoms with E-state index >= 15 is 0 Å². The van der Waals surface area contributed by atoms with Gasteiger partial charge < -0.3 is 9.47 Å². The molecule has 1 heterocycles. The fraction of sp³-hybridized carbons (Fsp3) is 0.625. The topological polar surface area (TPSA) is 18.5 Å². The molecule has 0 saturated carbocycles. The first-order chi connectivity index (χ1) is 8.56. The van der Waals surface area contributed by atoms with Gasteiger partial charge in [0.15, 0.2) is 6.29 Å². The minimum Gasteiger partial charge on any atom is -0.350 e. The van der Waals surface area contributed by atoms with Crippen molar-refractivity contribution in [1.82, 2.24) is 0 Å². The highest BCUT2D eigenvalue weighted by Gasteiger charge is 2.24. The molecule has 0 radical (unpaired) electrons. The van der Waals surface area contributed by atoms with Crippen molar-refractivity contribution in [3.63, 3.8) is 0 Å². The Labute approximate surface area is 110 Å². The Bertz CT molecular complexity index is 369. The summed E-state index contributed by atoms with van der Waals surface area (Å²) in [5.41, 5.74) is 2.76. The van der Waals surface area contributed by atoms with E-state index in [1.54, 1.807) is 0 Å². The molecule has 1 aromatic carbocycles. The van der Waals surface area contributed by atoms with E-state index in [-0.39, 0.29) is 12.4 Å². The molecule has 1 aliphatic heterocycles. The van der Waals surface area contributed by atoms with E-state index in [1.807, 2.05) is 0 Å². The SMILES string of the molecule is CC1COC(CC(C)c2ccc(C(C)C)cc2)O1. The van der Waals surface area contributed by atoms with E-state index in [0.717, 1.165) is 13.0 Å². The van der Waals surface area contributed by atoms with Gasteiger partial charge in [0.25, 0.3) is 0 Å². The van der Waals surface area contributed by atoms with Crippen molar-refractivity contribution in [2.75, 3.05) is 6.61 Å². The second-order valence-corrected chi connectivity index (χ2v) is 5.67. The highest BCUT2D eigenvalue weighted by atomic mass is 16.7. The maximum atomic E-state index is 5.69. The van der Waals surface area contributed by atoms with Gasteiger partial charge in [0.2, 0.25) is 0 Å². The summed E-state index contributed by atoms with van der Waals surface area (Å²) >= 11 is 0. The molecule has 2 nitrogen and oxygen atoms in total. The normalized spacial score (nSPS) is 25.6. The molecule has 0 spiro atoms. The summed E-state index contributed by atoms with van der Waals surface area (Å²) < 4.78 is 11.3. The molecule has 0 bridgehead atoms. The van der Waals surface area contributed by atoms with Gasteiger partial charge >= 0.3 is 0 Å². The van der Waals surface area contributed by atoms with E-state index in [2.05, 4.69) is 52.0 Å². The average Bonchev–Trinajstić information content (AvgIpc) is 2.75. The first-order valence-electron chi connectivity index (χ1n) is 6.93. The van der Waals surface area contributed by atoms with Gasteiger partial charge in [-0.15, -0.1) is 0 Å². The lowest BCUT2D eigenvalue weighted by atomic mass is 9.94. The van der Waals surface area contributed by atoms with Gasteiger partial charge in [-0.1, -0.05) is 45.0 Å². The molecule has 0 aliphatic carbocycles. The molecule has 3 atom stereocenters. The second-order valence-electron chi connectivity index (χ2n) is 5.67. The lowest BCUT2D eigenvalue weighted by Gasteiger charge is -2.17. The van der Waals surface area contributed by atoms with Crippen LogP contribution in [0.15, 0.2) is 24.3 Å². The lowest BCUT2D eigenvalue weighted by molar-refractivity contribution is -0.0624. The predicted molar refractivity (Wildman–Crippen MR) is 73.9 cm³/mol. The highest BCUT2D eigenvalue weighted by molar-refractivity contribution is 5.26. The highest BCUT2D eigenvalue weighted by Crippen LogP contribution is 2.26. The molecule has 100 valence electrons. The Morgan fingerprint density at radius 2 is 1.72 bits per heavy atom. The molecule has 2 heteroatoms. The van der Waals surface area contributed by atoms with Gasteiger partial charge in [0.1, 0.15) is 0 Å². The third kappa shape index (κ3) is 3.33. The zero-order chi connectivity index (χ0) is 13.1. The quantitative estimate of drug-likeness (QED) is 0.800. The fourth-order valence-electron chi connectivity index (χ4n) is 2.34. The Hall–Kier alpha value is -0.860. The summed E-state index contributed by atoms with van der Waals surface area (Å²) in [6, 6.07) is 8.93. The summed E-state index contributed by atoms with van der Waals surface area (Å²) in [4.78, 5) is 0. The summed E-state index contributed by atoms with van der Waals surface area (Å²) in [7, 11) is 0. The van der Waals surface area contributed by atoms with Gasteiger partial charge in [-0.05, 0) is 29.9 Å². The number of rotatable bonds is 4. The van der Waals surface area contributed by atoms with Crippen LogP contribution in [0.1, 0.15) is 57.1 Å². The maximum absolute atomic E-state index is 5.69. The van der Waals surface area contributed by atoms with Crippen LogP contribution in [0.5, 0.6) is 0 Å². The number of hydrogen-bond donors (Lipinski definition) is 0. The van der Waals surface area contributed by atoms with Crippen LogP contribution in [-0.4, -0.2) is 19.0 Å². The standard InChI is InChI=1S/C16H24O2/c1-11(2)14-5-7-15(8-6-14)12(3)9-16-17-10-13(4)18-16/h5-8,11-13,16H,9-10H2,1-4H3. The Morgan fingerprint density at radius 3 is 2.22 bits per heavy atom. The number of benzene rings is 1. The van der Waals surface area contributed by atoms with Crippen LogP contribution >= 0.6 is 0 Å². The molecule has 2 rings (SSSR count). The first-order valence-corrected chi connectivity index (χ1v) is 6.93. The van der Waals surface area contributed by atoms with Crippen molar-refractivity contribution >= 4 is 0 Å². The van der Waals surface area contributed by atoms with Gasteiger partial charge in [0, 0.05) is 6.42 Å². The van der Waals surface area contributed by atoms with Crippen LogP contribution in [-0.2, 0) is 9.47 Å². The van der Waals surface area contributed by atoms with Crippen molar-refractivity contribution in [1.29, 1.82) is 0 Å². The third-order valence-electron chi connectivity index (χ3n) is 3.62. The van der Waals surface area contributed by atoms with E-state index < -0.39 is 0 Å². The molecule has 1 aromatic rings. The molecule has 1 aliphatic rings. The van der Waals surface area contributed by atoms with E-state index in [4.69, 9.17) is 9.47 Å². The van der Waals surface area contributed by atoms with Gasteiger partial charge in [-0.25, -0.2) is 0 Å². The largest absolute Gasteiger partial charge is 0.350 e. The van der Waals surface area contributed by atoms with Crippen LogP contribution in [0.25, 0.3) is 0 Å². The number of hydrogen-bond acceptors (Lipinski definition) is 2.